The minimum Gasteiger partial charge on any atom is -0.380 e. The SMILES string of the molecule is CO[C@H](CN)C1CCCNC1. The lowest BCUT2D eigenvalue weighted by atomic mass is 9.94. The summed E-state index contributed by atoms with van der Waals surface area (Å²) in [5.41, 5.74) is 5.56. The van der Waals surface area contributed by atoms with Crippen molar-refractivity contribution in [2.75, 3.05) is 26.7 Å². The van der Waals surface area contributed by atoms with Gasteiger partial charge >= 0.3 is 0 Å². The number of ether oxygens (including phenoxy) is 1. The van der Waals surface area contributed by atoms with E-state index in [1.54, 1.807) is 7.11 Å². The highest BCUT2D eigenvalue weighted by Crippen LogP contribution is 2.15. The summed E-state index contributed by atoms with van der Waals surface area (Å²) in [5, 5.41) is 3.35. The average Bonchev–Trinajstić information content (AvgIpc) is 2.09. The van der Waals surface area contributed by atoms with E-state index in [-0.39, 0.29) is 6.10 Å². The van der Waals surface area contributed by atoms with E-state index in [0.717, 1.165) is 13.1 Å². The number of nitrogens with two attached hydrogens (primary N) is 1. The van der Waals surface area contributed by atoms with Crippen LogP contribution in [0.2, 0.25) is 0 Å². The monoisotopic (exact) mass is 158 g/mol. The molecular weight excluding hydrogens is 140 g/mol. The Kier molecular flexibility index (Phi) is 3.83. The second kappa shape index (κ2) is 4.70. The summed E-state index contributed by atoms with van der Waals surface area (Å²) < 4.78 is 5.27. The fourth-order valence-corrected chi connectivity index (χ4v) is 1.68. The first-order chi connectivity index (χ1) is 5.38. The van der Waals surface area contributed by atoms with Gasteiger partial charge in [-0.05, 0) is 25.3 Å². The smallest absolute Gasteiger partial charge is 0.0733 e. The van der Waals surface area contributed by atoms with Crippen molar-refractivity contribution in [1.29, 1.82) is 0 Å². The molecule has 2 atom stereocenters. The van der Waals surface area contributed by atoms with Crippen molar-refractivity contribution in [3.8, 4) is 0 Å². The van der Waals surface area contributed by atoms with Gasteiger partial charge in [0.15, 0.2) is 0 Å². The summed E-state index contributed by atoms with van der Waals surface area (Å²) in [4.78, 5) is 0. The van der Waals surface area contributed by atoms with Gasteiger partial charge in [0.1, 0.15) is 0 Å². The van der Waals surface area contributed by atoms with E-state index in [1.807, 2.05) is 0 Å². The van der Waals surface area contributed by atoms with Crippen LogP contribution in [0, 0.1) is 5.92 Å². The lowest BCUT2D eigenvalue weighted by Crippen LogP contribution is -2.41. The van der Waals surface area contributed by atoms with E-state index in [4.69, 9.17) is 10.5 Å². The first kappa shape index (κ1) is 8.97. The van der Waals surface area contributed by atoms with Crippen molar-refractivity contribution >= 4 is 0 Å². The molecule has 3 nitrogen and oxygen atoms in total. The topological polar surface area (TPSA) is 47.3 Å². The summed E-state index contributed by atoms with van der Waals surface area (Å²) >= 11 is 0. The molecule has 1 unspecified atom stereocenters. The quantitative estimate of drug-likeness (QED) is 0.606. The van der Waals surface area contributed by atoms with Gasteiger partial charge in [0.25, 0.3) is 0 Å². The molecule has 1 saturated heterocycles. The molecule has 3 N–H and O–H groups in total. The van der Waals surface area contributed by atoms with Gasteiger partial charge in [-0.25, -0.2) is 0 Å². The van der Waals surface area contributed by atoms with Gasteiger partial charge < -0.3 is 15.8 Å². The first-order valence-corrected chi connectivity index (χ1v) is 4.32. The largest absolute Gasteiger partial charge is 0.380 e. The van der Waals surface area contributed by atoms with Crippen molar-refractivity contribution in [3.05, 3.63) is 0 Å². The number of hydrogen-bond donors (Lipinski definition) is 2. The maximum absolute atomic E-state index is 5.56. The maximum Gasteiger partial charge on any atom is 0.0733 e. The number of nitrogens with one attached hydrogen (secondary N) is 1. The highest BCUT2D eigenvalue weighted by Gasteiger charge is 2.21. The first-order valence-electron chi connectivity index (χ1n) is 4.32. The molecule has 0 aromatic heterocycles. The van der Waals surface area contributed by atoms with Crippen LogP contribution in [0.4, 0.5) is 0 Å². The molecule has 0 amide bonds. The molecule has 3 heteroatoms. The molecule has 0 saturated carbocycles. The van der Waals surface area contributed by atoms with Crippen LogP contribution in [0.3, 0.4) is 0 Å². The molecule has 0 aromatic carbocycles. The molecule has 11 heavy (non-hydrogen) atoms. The van der Waals surface area contributed by atoms with Crippen molar-refractivity contribution in [1.82, 2.24) is 5.32 Å². The van der Waals surface area contributed by atoms with Crippen molar-refractivity contribution < 1.29 is 4.74 Å². The third kappa shape index (κ3) is 2.43. The van der Waals surface area contributed by atoms with Crippen molar-refractivity contribution in [2.45, 2.75) is 18.9 Å². The average molecular weight is 158 g/mol. The van der Waals surface area contributed by atoms with E-state index in [0.29, 0.717) is 12.5 Å². The van der Waals surface area contributed by atoms with Crippen molar-refractivity contribution in [3.63, 3.8) is 0 Å². The molecule has 66 valence electrons. The van der Waals surface area contributed by atoms with Crippen LogP contribution >= 0.6 is 0 Å². The van der Waals surface area contributed by atoms with Crippen LogP contribution in [0.5, 0.6) is 0 Å². The zero-order chi connectivity index (χ0) is 8.10. The second-order valence-corrected chi connectivity index (χ2v) is 3.12. The van der Waals surface area contributed by atoms with E-state index in [2.05, 4.69) is 5.32 Å². The third-order valence-corrected chi connectivity index (χ3v) is 2.40. The van der Waals surface area contributed by atoms with Crippen LogP contribution in [-0.2, 0) is 4.74 Å². The molecule has 0 aliphatic carbocycles. The normalized spacial score (nSPS) is 28.4. The van der Waals surface area contributed by atoms with Gasteiger partial charge in [0.05, 0.1) is 6.10 Å². The van der Waals surface area contributed by atoms with Crippen LogP contribution in [-0.4, -0.2) is 32.8 Å². The number of hydrogen-bond acceptors (Lipinski definition) is 3. The molecule has 1 aliphatic rings. The lowest BCUT2D eigenvalue weighted by Gasteiger charge is -2.28. The van der Waals surface area contributed by atoms with Gasteiger partial charge in [-0.2, -0.15) is 0 Å². The van der Waals surface area contributed by atoms with Gasteiger partial charge in [0, 0.05) is 20.2 Å². The van der Waals surface area contributed by atoms with Gasteiger partial charge in [0.2, 0.25) is 0 Å². The Labute approximate surface area is 68.3 Å². The zero-order valence-electron chi connectivity index (χ0n) is 7.18. The van der Waals surface area contributed by atoms with Gasteiger partial charge in [-0.1, -0.05) is 0 Å². The van der Waals surface area contributed by atoms with E-state index >= 15 is 0 Å². The highest BCUT2D eigenvalue weighted by atomic mass is 16.5. The molecule has 1 heterocycles. The van der Waals surface area contributed by atoms with E-state index in [1.165, 1.54) is 12.8 Å². The highest BCUT2D eigenvalue weighted by molar-refractivity contribution is 4.76. The van der Waals surface area contributed by atoms with E-state index < -0.39 is 0 Å². The minimum atomic E-state index is 0.253. The van der Waals surface area contributed by atoms with Crippen LogP contribution in [0.1, 0.15) is 12.8 Å². The lowest BCUT2D eigenvalue weighted by molar-refractivity contribution is 0.0486. The molecule has 0 aromatic rings. The van der Waals surface area contributed by atoms with Crippen molar-refractivity contribution in [2.24, 2.45) is 11.7 Å². The molecular formula is C8H18N2O. The molecule has 1 fully saturated rings. The number of rotatable bonds is 3. The summed E-state index contributed by atoms with van der Waals surface area (Å²) in [6.45, 7) is 2.86. The van der Waals surface area contributed by atoms with Crippen LogP contribution < -0.4 is 11.1 Å². The number of methoxy groups -OCH3 is 1. The predicted molar refractivity (Wildman–Crippen MR) is 45.4 cm³/mol. The molecule has 1 aliphatic heterocycles. The summed E-state index contributed by atoms with van der Waals surface area (Å²) in [6.07, 6.45) is 2.76. The van der Waals surface area contributed by atoms with Crippen LogP contribution in [0.15, 0.2) is 0 Å². The Morgan fingerprint density at radius 3 is 3.00 bits per heavy atom. The second-order valence-electron chi connectivity index (χ2n) is 3.12. The summed E-state index contributed by atoms with van der Waals surface area (Å²) in [6, 6.07) is 0. The summed E-state index contributed by atoms with van der Waals surface area (Å²) in [7, 11) is 1.74. The number of piperidine rings is 1. The fraction of sp³-hybridized carbons (Fsp3) is 1.00. The molecule has 0 radical (unpaired) electrons. The predicted octanol–water partition coefficient (Wildman–Crippen LogP) is -0.0403. The zero-order valence-corrected chi connectivity index (χ0v) is 7.18. The third-order valence-electron chi connectivity index (χ3n) is 2.40. The summed E-state index contributed by atoms with van der Waals surface area (Å²) in [5.74, 6) is 0.624. The van der Waals surface area contributed by atoms with Gasteiger partial charge in [-0.15, -0.1) is 0 Å². The fourth-order valence-electron chi connectivity index (χ4n) is 1.68. The Morgan fingerprint density at radius 1 is 1.73 bits per heavy atom. The standard InChI is InChI=1S/C8H18N2O/c1-11-8(5-9)7-3-2-4-10-6-7/h7-8,10H,2-6,9H2,1H3/t7?,8-/m1/s1. The molecule has 0 bridgehead atoms. The molecule has 1 rings (SSSR count). The van der Waals surface area contributed by atoms with Gasteiger partial charge in [-0.3, -0.25) is 0 Å². The molecule has 0 spiro atoms. The van der Waals surface area contributed by atoms with E-state index in [9.17, 15) is 0 Å². The minimum absolute atomic E-state index is 0.253. The Morgan fingerprint density at radius 2 is 2.55 bits per heavy atom. The maximum atomic E-state index is 5.56. The Hall–Kier alpha value is -0.120. The van der Waals surface area contributed by atoms with Crippen LogP contribution in [0.25, 0.3) is 0 Å². The Bertz CT molecular complexity index is 98.3. The Balaban J connectivity index is 2.30.